The molecule has 3 N–H and O–H groups in total. The van der Waals surface area contributed by atoms with Crippen molar-refractivity contribution in [1.29, 1.82) is 5.41 Å². The molecule has 0 amide bonds. The van der Waals surface area contributed by atoms with Gasteiger partial charge in [0, 0.05) is 10.2 Å². The molecule has 0 radical (unpaired) electrons. The van der Waals surface area contributed by atoms with Crippen molar-refractivity contribution < 1.29 is 17.1 Å². The fourth-order valence-electron chi connectivity index (χ4n) is 0.842. The van der Waals surface area contributed by atoms with Crippen LogP contribution in [0.5, 0.6) is 5.75 Å². The Labute approximate surface area is 108 Å². The van der Waals surface area contributed by atoms with E-state index in [1.165, 1.54) is 11.8 Å². The minimum atomic E-state index is 0. The summed E-state index contributed by atoms with van der Waals surface area (Å²) in [6.07, 6.45) is 0. The first kappa shape index (κ1) is 14.6. The number of nitrogens with two attached hydrogens (primary N) is 1. The molecule has 0 saturated heterocycles. The van der Waals surface area contributed by atoms with E-state index in [4.69, 9.17) is 15.9 Å². The Kier molecular flexibility index (Phi) is 7.64. The normalized spacial score (nSPS) is 9.13. The first-order valence-corrected chi connectivity index (χ1v) is 5.81. The van der Waals surface area contributed by atoms with Gasteiger partial charge in [-0.3, -0.25) is 5.41 Å². The summed E-state index contributed by atoms with van der Waals surface area (Å²) in [5, 5.41) is 7.11. The van der Waals surface area contributed by atoms with Crippen molar-refractivity contribution in [3.8, 4) is 5.75 Å². The Bertz CT molecular complexity index is 307. The molecule has 15 heavy (non-hydrogen) atoms. The van der Waals surface area contributed by atoms with Gasteiger partial charge in [-0.1, -0.05) is 27.7 Å². The van der Waals surface area contributed by atoms with Crippen LogP contribution in [0.25, 0.3) is 0 Å². The van der Waals surface area contributed by atoms with Gasteiger partial charge in [0.05, 0.1) is 6.61 Å². The van der Waals surface area contributed by atoms with E-state index in [0.717, 1.165) is 10.2 Å². The van der Waals surface area contributed by atoms with E-state index in [2.05, 4.69) is 15.9 Å². The molecule has 1 aromatic rings. The summed E-state index contributed by atoms with van der Waals surface area (Å²) in [6, 6.07) is 7.63. The van der Waals surface area contributed by atoms with Gasteiger partial charge in [-0.2, -0.15) is 0 Å². The van der Waals surface area contributed by atoms with Gasteiger partial charge in [-0.15, -0.1) is 0 Å². The molecule has 1 rings (SSSR count). The Morgan fingerprint density at radius 1 is 1.40 bits per heavy atom. The highest BCUT2D eigenvalue weighted by Gasteiger charge is 1.94. The molecule has 0 bridgehead atoms. The van der Waals surface area contributed by atoms with Crippen LogP contribution in [0.2, 0.25) is 0 Å². The quantitative estimate of drug-likeness (QED) is 0.446. The number of rotatable bonds is 4. The fourth-order valence-corrected chi connectivity index (χ4v) is 1.49. The van der Waals surface area contributed by atoms with Gasteiger partial charge < -0.3 is 22.9 Å². The number of hydrogen-bond acceptors (Lipinski definition) is 3. The molecule has 0 fully saturated rings. The molecule has 1 aromatic carbocycles. The standard InChI is InChI=1S/C9H11BrN2OS.ClH/c10-7-1-3-8(4-2-7)13-5-6-14-9(11)12;/h1-4H,5-6H2,(H3,11,12);1H/p-1. The maximum Gasteiger partial charge on any atom is 0.151 e. The lowest BCUT2D eigenvalue weighted by Crippen LogP contribution is -3.00. The van der Waals surface area contributed by atoms with Crippen molar-refractivity contribution in [2.75, 3.05) is 12.4 Å². The molecule has 0 aromatic heterocycles. The monoisotopic (exact) mass is 309 g/mol. The third-order valence-electron chi connectivity index (χ3n) is 1.42. The predicted octanol–water partition coefficient (Wildman–Crippen LogP) is -0.541. The molecule has 0 saturated carbocycles. The second-order valence-corrected chi connectivity index (χ2v) is 4.57. The number of benzene rings is 1. The third-order valence-corrected chi connectivity index (χ3v) is 2.63. The predicted molar refractivity (Wildman–Crippen MR) is 64.0 cm³/mol. The minimum absolute atomic E-state index is 0. The van der Waals surface area contributed by atoms with Crippen LogP contribution in [0.4, 0.5) is 0 Å². The van der Waals surface area contributed by atoms with Crippen molar-refractivity contribution in [1.82, 2.24) is 0 Å². The van der Waals surface area contributed by atoms with E-state index in [9.17, 15) is 0 Å². The zero-order valence-corrected chi connectivity index (χ0v) is 11.0. The van der Waals surface area contributed by atoms with Gasteiger partial charge in [-0.05, 0) is 24.3 Å². The highest BCUT2D eigenvalue weighted by Crippen LogP contribution is 2.16. The summed E-state index contributed by atoms with van der Waals surface area (Å²) >= 11 is 4.62. The van der Waals surface area contributed by atoms with E-state index < -0.39 is 0 Å². The molecule has 0 aliphatic carbocycles. The average molecular weight is 311 g/mol. The number of ether oxygens (including phenoxy) is 1. The molecule has 0 spiro atoms. The maximum atomic E-state index is 6.98. The summed E-state index contributed by atoms with van der Waals surface area (Å²) < 4.78 is 6.45. The lowest BCUT2D eigenvalue weighted by atomic mass is 10.3. The Morgan fingerprint density at radius 2 is 2.00 bits per heavy atom. The summed E-state index contributed by atoms with van der Waals surface area (Å²) in [7, 11) is 0. The van der Waals surface area contributed by atoms with Gasteiger partial charge in [0.2, 0.25) is 0 Å². The van der Waals surface area contributed by atoms with E-state index in [0.29, 0.717) is 12.4 Å². The van der Waals surface area contributed by atoms with Gasteiger partial charge >= 0.3 is 0 Å². The van der Waals surface area contributed by atoms with Crippen LogP contribution in [0.15, 0.2) is 28.7 Å². The van der Waals surface area contributed by atoms with Crippen LogP contribution in [-0.4, -0.2) is 17.5 Å². The molecule has 0 aliphatic rings. The van der Waals surface area contributed by atoms with Crippen molar-refractivity contribution in [2.24, 2.45) is 5.73 Å². The average Bonchev–Trinajstić information content (AvgIpc) is 2.15. The Morgan fingerprint density at radius 3 is 2.53 bits per heavy atom. The zero-order valence-electron chi connectivity index (χ0n) is 7.87. The van der Waals surface area contributed by atoms with Crippen molar-refractivity contribution in [3.05, 3.63) is 28.7 Å². The third kappa shape index (κ3) is 6.65. The Hall–Kier alpha value is -0.390. The van der Waals surface area contributed by atoms with E-state index in [-0.39, 0.29) is 17.6 Å². The molecule has 0 atom stereocenters. The molecule has 6 heteroatoms. The lowest BCUT2D eigenvalue weighted by molar-refractivity contribution is -0.00000351. The second-order valence-electron chi connectivity index (χ2n) is 2.52. The van der Waals surface area contributed by atoms with Crippen LogP contribution in [-0.2, 0) is 0 Å². The highest BCUT2D eigenvalue weighted by atomic mass is 79.9. The number of nitrogens with one attached hydrogen (secondary N) is 1. The van der Waals surface area contributed by atoms with Crippen LogP contribution < -0.4 is 22.9 Å². The summed E-state index contributed by atoms with van der Waals surface area (Å²) in [6.45, 7) is 0.561. The molecule has 0 heterocycles. The van der Waals surface area contributed by atoms with Crippen LogP contribution in [0, 0.1) is 5.41 Å². The van der Waals surface area contributed by atoms with Crippen LogP contribution in [0.3, 0.4) is 0 Å². The van der Waals surface area contributed by atoms with Gasteiger partial charge in [0.25, 0.3) is 0 Å². The molecular formula is C9H11BrClN2OS-. The summed E-state index contributed by atoms with van der Waals surface area (Å²) in [5.74, 6) is 1.53. The number of amidine groups is 1. The van der Waals surface area contributed by atoms with E-state index in [1.54, 1.807) is 0 Å². The summed E-state index contributed by atoms with van der Waals surface area (Å²) in [4.78, 5) is 0. The number of thioether (sulfide) groups is 1. The van der Waals surface area contributed by atoms with E-state index >= 15 is 0 Å². The fraction of sp³-hybridized carbons (Fsp3) is 0.222. The SMILES string of the molecule is N=C(N)SCCOc1ccc(Br)cc1.[Cl-]. The first-order valence-electron chi connectivity index (χ1n) is 4.03. The Balaban J connectivity index is 0.00000196. The summed E-state index contributed by atoms with van der Waals surface area (Å²) in [5.41, 5.74) is 5.18. The molecule has 84 valence electrons. The highest BCUT2D eigenvalue weighted by molar-refractivity contribution is 9.10. The zero-order chi connectivity index (χ0) is 10.4. The van der Waals surface area contributed by atoms with Gasteiger partial charge in [0.1, 0.15) is 5.75 Å². The molecular weight excluding hydrogens is 300 g/mol. The second kappa shape index (κ2) is 7.84. The number of halogens is 2. The van der Waals surface area contributed by atoms with Gasteiger partial charge in [-0.25, -0.2) is 0 Å². The van der Waals surface area contributed by atoms with Gasteiger partial charge in [0.15, 0.2) is 5.17 Å². The smallest absolute Gasteiger partial charge is 0.151 e. The number of hydrogen-bond donors (Lipinski definition) is 2. The lowest BCUT2D eigenvalue weighted by Gasteiger charge is -2.04. The van der Waals surface area contributed by atoms with Crippen LogP contribution >= 0.6 is 27.7 Å². The molecule has 0 unspecified atom stereocenters. The molecule has 3 nitrogen and oxygen atoms in total. The molecule has 0 aliphatic heterocycles. The van der Waals surface area contributed by atoms with Crippen molar-refractivity contribution in [3.63, 3.8) is 0 Å². The topological polar surface area (TPSA) is 59.1 Å². The maximum absolute atomic E-state index is 6.98. The van der Waals surface area contributed by atoms with E-state index in [1.807, 2.05) is 24.3 Å². The van der Waals surface area contributed by atoms with Crippen molar-refractivity contribution >= 4 is 32.9 Å². The largest absolute Gasteiger partial charge is 1.00 e. The van der Waals surface area contributed by atoms with Crippen molar-refractivity contribution in [2.45, 2.75) is 0 Å². The minimum Gasteiger partial charge on any atom is -1.00 e. The van der Waals surface area contributed by atoms with Crippen LogP contribution in [0.1, 0.15) is 0 Å². The first-order chi connectivity index (χ1) is 6.68.